The van der Waals surface area contributed by atoms with E-state index in [0.29, 0.717) is 0 Å². The largest absolute Gasteiger partial charge is 0.399 e. The maximum absolute atomic E-state index is 5.81. The van der Waals surface area contributed by atoms with E-state index in [2.05, 4.69) is 37.3 Å². The summed E-state index contributed by atoms with van der Waals surface area (Å²) in [5.74, 6) is 0. The summed E-state index contributed by atoms with van der Waals surface area (Å²) in [7, 11) is 0. The number of nitrogen functional groups attached to an aromatic ring is 2. The number of nitrogens with two attached hydrogens (primary N) is 2. The summed E-state index contributed by atoms with van der Waals surface area (Å²) in [4.78, 5) is 0. The van der Waals surface area contributed by atoms with Crippen LogP contribution in [-0.2, 0) is 0 Å². The normalized spacial score (nSPS) is 10.5. The van der Waals surface area contributed by atoms with Crippen molar-refractivity contribution in [2.75, 3.05) is 11.5 Å². The van der Waals surface area contributed by atoms with Gasteiger partial charge in [0.15, 0.2) is 0 Å². The Labute approximate surface area is 125 Å². The Balaban J connectivity index is 1.95. The summed E-state index contributed by atoms with van der Waals surface area (Å²) in [6.45, 7) is 2.08. The molecular weight excluding hydrogens is 256 g/mol. The van der Waals surface area contributed by atoms with Gasteiger partial charge in [-0.1, -0.05) is 42.5 Å². The Hall–Kier alpha value is -2.74. The molecule has 3 aromatic carbocycles. The standard InChI is InChI=1S/C19H18N2/c1-13-12-18(21)10-11-19(13)16-4-2-14(3-5-16)15-6-8-17(20)9-7-15/h2-12H,20-21H2,1H3. The first kappa shape index (κ1) is 13.3. The first-order chi connectivity index (χ1) is 10.1. The summed E-state index contributed by atoms with van der Waals surface area (Å²) in [6, 6.07) is 22.5. The second-order valence-corrected chi connectivity index (χ2v) is 5.27. The smallest absolute Gasteiger partial charge is 0.0317 e. The highest BCUT2D eigenvalue weighted by Crippen LogP contribution is 2.28. The lowest BCUT2D eigenvalue weighted by Crippen LogP contribution is -1.89. The van der Waals surface area contributed by atoms with Gasteiger partial charge >= 0.3 is 0 Å². The maximum Gasteiger partial charge on any atom is 0.0317 e. The summed E-state index contributed by atoms with van der Waals surface area (Å²) in [5.41, 5.74) is 19.1. The molecule has 0 amide bonds. The summed E-state index contributed by atoms with van der Waals surface area (Å²) in [6.07, 6.45) is 0. The van der Waals surface area contributed by atoms with E-state index < -0.39 is 0 Å². The van der Waals surface area contributed by atoms with Crippen molar-refractivity contribution in [3.05, 3.63) is 72.3 Å². The van der Waals surface area contributed by atoms with Gasteiger partial charge in [-0.15, -0.1) is 0 Å². The van der Waals surface area contributed by atoms with E-state index in [0.717, 1.165) is 11.4 Å². The minimum atomic E-state index is 0.785. The highest BCUT2D eigenvalue weighted by atomic mass is 14.5. The lowest BCUT2D eigenvalue weighted by atomic mass is 9.97. The van der Waals surface area contributed by atoms with Crippen LogP contribution in [0.4, 0.5) is 11.4 Å². The highest BCUT2D eigenvalue weighted by Gasteiger charge is 2.03. The van der Waals surface area contributed by atoms with E-state index >= 15 is 0 Å². The van der Waals surface area contributed by atoms with Crippen LogP contribution in [-0.4, -0.2) is 0 Å². The molecule has 3 rings (SSSR count). The summed E-state index contributed by atoms with van der Waals surface area (Å²) >= 11 is 0. The van der Waals surface area contributed by atoms with E-state index in [4.69, 9.17) is 11.5 Å². The third-order valence-electron chi connectivity index (χ3n) is 3.69. The first-order valence-corrected chi connectivity index (χ1v) is 6.96. The molecule has 4 N–H and O–H groups in total. The molecule has 2 nitrogen and oxygen atoms in total. The second kappa shape index (κ2) is 5.33. The molecule has 0 fully saturated rings. The summed E-state index contributed by atoms with van der Waals surface area (Å²) in [5, 5.41) is 0. The van der Waals surface area contributed by atoms with Gasteiger partial charge in [0.05, 0.1) is 0 Å². The minimum Gasteiger partial charge on any atom is -0.399 e. The van der Waals surface area contributed by atoms with Crippen molar-refractivity contribution in [2.45, 2.75) is 6.92 Å². The molecule has 2 heteroatoms. The zero-order chi connectivity index (χ0) is 14.8. The molecule has 0 atom stereocenters. The fourth-order valence-electron chi connectivity index (χ4n) is 2.53. The highest BCUT2D eigenvalue weighted by molar-refractivity contribution is 5.73. The summed E-state index contributed by atoms with van der Waals surface area (Å²) < 4.78 is 0. The number of rotatable bonds is 2. The fraction of sp³-hybridized carbons (Fsp3) is 0.0526. The average molecular weight is 274 g/mol. The van der Waals surface area contributed by atoms with Gasteiger partial charge in [0.1, 0.15) is 0 Å². The third kappa shape index (κ3) is 2.75. The molecule has 0 aliphatic heterocycles. The van der Waals surface area contributed by atoms with Gasteiger partial charge in [0, 0.05) is 11.4 Å². The van der Waals surface area contributed by atoms with Crippen molar-refractivity contribution in [1.29, 1.82) is 0 Å². The van der Waals surface area contributed by atoms with Gasteiger partial charge in [0.2, 0.25) is 0 Å². The Morgan fingerprint density at radius 3 is 1.62 bits per heavy atom. The van der Waals surface area contributed by atoms with Crippen LogP contribution in [0.25, 0.3) is 22.3 Å². The molecule has 104 valence electrons. The molecule has 0 bridgehead atoms. The van der Waals surface area contributed by atoms with Crippen LogP contribution in [0.15, 0.2) is 66.7 Å². The first-order valence-electron chi connectivity index (χ1n) is 6.96. The van der Waals surface area contributed by atoms with Crippen LogP contribution in [0.1, 0.15) is 5.56 Å². The average Bonchev–Trinajstić information content (AvgIpc) is 2.48. The fourth-order valence-corrected chi connectivity index (χ4v) is 2.53. The second-order valence-electron chi connectivity index (χ2n) is 5.27. The SMILES string of the molecule is Cc1cc(N)ccc1-c1ccc(-c2ccc(N)cc2)cc1. The monoisotopic (exact) mass is 274 g/mol. The predicted octanol–water partition coefficient (Wildman–Crippen LogP) is 4.49. The zero-order valence-electron chi connectivity index (χ0n) is 12.0. The van der Waals surface area contributed by atoms with Gasteiger partial charge in [-0.25, -0.2) is 0 Å². The van der Waals surface area contributed by atoms with Crippen LogP contribution in [0, 0.1) is 6.92 Å². The quantitative estimate of drug-likeness (QED) is 0.676. The molecule has 0 radical (unpaired) electrons. The number of hydrogen-bond donors (Lipinski definition) is 2. The van der Waals surface area contributed by atoms with Crippen LogP contribution in [0.3, 0.4) is 0 Å². The van der Waals surface area contributed by atoms with E-state index in [-0.39, 0.29) is 0 Å². The van der Waals surface area contributed by atoms with Gasteiger partial charge in [0.25, 0.3) is 0 Å². The number of aryl methyl sites for hydroxylation is 1. The van der Waals surface area contributed by atoms with Crippen molar-refractivity contribution in [1.82, 2.24) is 0 Å². The predicted molar refractivity (Wildman–Crippen MR) is 90.9 cm³/mol. The number of anilines is 2. The molecule has 3 aromatic rings. The minimum absolute atomic E-state index is 0.785. The molecule has 0 aromatic heterocycles. The molecule has 0 heterocycles. The van der Waals surface area contributed by atoms with Gasteiger partial charge in [-0.3, -0.25) is 0 Å². The van der Waals surface area contributed by atoms with E-state index in [1.807, 2.05) is 36.4 Å². The van der Waals surface area contributed by atoms with E-state index in [1.54, 1.807) is 0 Å². The lowest BCUT2D eigenvalue weighted by Gasteiger charge is -2.08. The van der Waals surface area contributed by atoms with Crippen LogP contribution < -0.4 is 11.5 Å². The zero-order valence-corrected chi connectivity index (χ0v) is 12.0. The van der Waals surface area contributed by atoms with Gasteiger partial charge < -0.3 is 11.5 Å². The van der Waals surface area contributed by atoms with Crippen LogP contribution >= 0.6 is 0 Å². The Bertz CT molecular complexity index is 757. The van der Waals surface area contributed by atoms with Crippen molar-refractivity contribution in [2.24, 2.45) is 0 Å². The molecule has 0 saturated heterocycles. The Kier molecular flexibility index (Phi) is 3.36. The van der Waals surface area contributed by atoms with E-state index in [9.17, 15) is 0 Å². The lowest BCUT2D eigenvalue weighted by molar-refractivity contribution is 1.46. The number of hydrogen-bond acceptors (Lipinski definition) is 2. The van der Waals surface area contributed by atoms with Crippen molar-refractivity contribution < 1.29 is 0 Å². The van der Waals surface area contributed by atoms with Gasteiger partial charge in [-0.05, 0) is 59.0 Å². The molecule has 0 spiro atoms. The molecule has 21 heavy (non-hydrogen) atoms. The number of benzene rings is 3. The molecule has 0 aliphatic carbocycles. The van der Waals surface area contributed by atoms with Crippen molar-refractivity contribution in [3.8, 4) is 22.3 Å². The van der Waals surface area contributed by atoms with Crippen LogP contribution in [0.5, 0.6) is 0 Å². The van der Waals surface area contributed by atoms with Crippen molar-refractivity contribution >= 4 is 11.4 Å². The molecule has 0 aliphatic rings. The molecular formula is C19H18N2. The van der Waals surface area contributed by atoms with Gasteiger partial charge in [-0.2, -0.15) is 0 Å². The molecule has 0 saturated carbocycles. The topological polar surface area (TPSA) is 52.0 Å². The van der Waals surface area contributed by atoms with Crippen molar-refractivity contribution in [3.63, 3.8) is 0 Å². The Morgan fingerprint density at radius 1 is 0.571 bits per heavy atom. The van der Waals surface area contributed by atoms with E-state index in [1.165, 1.54) is 27.8 Å². The Morgan fingerprint density at radius 2 is 1.05 bits per heavy atom. The van der Waals surface area contributed by atoms with Crippen LogP contribution in [0.2, 0.25) is 0 Å². The molecule has 0 unspecified atom stereocenters. The maximum atomic E-state index is 5.81. The third-order valence-corrected chi connectivity index (χ3v) is 3.69.